The number of hydrogen-bond acceptors (Lipinski definition) is 2. The SMILES string of the molecule is CCCn1ncc(Cl)c1C(O)C1(c2ccccc2)CCC1. The fourth-order valence-corrected chi connectivity index (χ4v) is 3.59. The van der Waals surface area contributed by atoms with Crippen molar-refractivity contribution >= 4 is 11.6 Å². The van der Waals surface area contributed by atoms with E-state index in [2.05, 4.69) is 24.2 Å². The highest BCUT2D eigenvalue weighted by Gasteiger charge is 2.47. The molecule has 3 rings (SSSR count). The van der Waals surface area contributed by atoms with Crippen molar-refractivity contribution < 1.29 is 5.11 Å². The molecule has 1 fully saturated rings. The van der Waals surface area contributed by atoms with E-state index in [4.69, 9.17) is 11.6 Å². The molecule has 1 aromatic heterocycles. The van der Waals surface area contributed by atoms with Gasteiger partial charge in [0.05, 0.1) is 16.9 Å². The Balaban J connectivity index is 2.00. The monoisotopic (exact) mass is 304 g/mol. The molecule has 0 saturated heterocycles. The van der Waals surface area contributed by atoms with Crippen LogP contribution >= 0.6 is 11.6 Å². The van der Waals surface area contributed by atoms with Gasteiger partial charge in [0.25, 0.3) is 0 Å². The topological polar surface area (TPSA) is 38.0 Å². The lowest BCUT2D eigenvalue weighted by atomic mass is 9.60. The van der Waals surface area contributed by atoms with Crippen LogP contribution in [0.15, 0.2) is 36.5 Å². The van der Waals surface area contributed by atoms with Crippen molar-refractivity contribution in [3.63, 3.8) is 0 Å². The first-order chi connectivity index (χ1) is 10.2. The number of hydrogen-bond donors (Lipinski definition) is 1. The number of nitrogens with zero attached hydrogens (tertiary/aromatic N) is 2. The van der Waals surface area contributed by atoms with Gasteiger partial charge in [0.2, 0.25) is 0 Å². The van der Waals surface area contributed by atoms with Gasteiger partial charge in [-0.2, -0.15) is 5.10 Å². The Morgan fingerprint density at radius 2 is 2.05 bits per heavy atom. The summed E-state index contributed by atoms with van der Waals surface area (Å²) in [4.78, 5) is 0. The van der Waals surface area contributed by atoms with Crippen LogP contribution in [0.2, 0.25) is 5.02 Å². The van der Waals surface area contributed by atoms with Crippen LogP contribution in [0.4, 0.5) is 0 Å². The zero-order valence-electron chi connectivity index (χ0n) is 12.3. The quantitative estimate of drug-likeness (QED) is 0.903. The summed E-state index contributed by atoms with van der Waals surface area (Å²) < 4.78 is 1.86. The molecule has 0 aliphatic heterocycles. The molecule has 0 spiro atoms. The third-order valence-electron chi connectivity index (χ3n) is 4.65. The molecule has 1 heterocycles. The molecule has 1 aromatic carbocycles. The van der Waals surface area contributed by atoms with Gasteiger partial charge < -0.3 is 5.11 Å². The van der Waals surface area contributed by atoms with Crippen LogP contribution in [-0.4, -0.2) is 14.9 Å². The maximum Gasteiger partial charge on any atom is 0.107 e. The Morgan fingerprint density at radius 1 is 1.33 bits per heavy atom. The number of halogens is 1. The summed E-state index contributed by atoms with van der Waals surface area (Å²) in [6.45, 7) is 2.88. The molecule has 4 heteroatoms. The maximum absolute atomic E-state index is 11.1. The number of rotatable bonds is 5. The van der Waals surface area contributed by atoms with Crippen LogP contribution in [0, 0.1) is 0 Å². The van der Waals surface area contributed by atoms with Crippen molar-refractivity contribution in [1.29, 1.82) is 0 Å². The Kier molecular flexibility index (Phi) is 4.05. The van der Waals surface area contributed by atoms with E-state index >= 15 is 0 Å². The van der Waals surface area contributed by atoms with E-state index in [1.54, 1.807) is 6.20 Å². The molecule has 1 N–H and O–H groups in total. The second kappa shape index (κ2) is 5.82. The van der Waals surface area contributed by atoms with Gasteiger partial charge in [-0.15, -0.1) is 0 Å². The third kappa shape index (κ3) is 2.39. The molecule has 0 radical (unpaired) electrons. The van der Waals surface area contributed by atoms with Crippen LogP contribution in [0.3, 0.4) is 0 Å². The molecule has 3 nitrogen and oxygen atoms in total. The predicted octanol–water partition coefficient (Wildman–Crippen LogP) is 4.10. The van der Waals surface area contributed by atoms with Crippen molar-refractivity contribution in [1.82, 2.24) is 9.78 Å². The van der Waals surface area contributed by atoms with E-state index in [1.165, 1.54) is 5.56 Å². The van der Waals surface area contributed by atoms with Gasteiger partial charge in [-0.25, -0.2) is 0 Å². The van der Waals surface area contributed by atoms with Gasteiger partial charge in [0.15, 0.2) is 0 Å². The third-order valence-corrected chi connectivity index (χ3v) is 4.94. The van der Waals surface area contributed by atoms with Crippen LogP contribution < -0.4 is 0 Å². The van der Waals surface area contributed by atoms with E-state index in [0.29, 0.717) is 5.02 Å². The molecule has 1 atom stereocenters. The largest absolute Gasteiger partial charge is 0.386 e. The zero-order valence-corrected chi connectivity index (χ0v) is 13.1. The van der Waals surface area contributed by atoms with Crippen LogP contribution in [0.1, 0.15) is 50.0 Å². The molecule has 1 aliphatic carbocycles. The Bertz CT molecular complexity index is 605. The van der Waals surface area contributed by atoms with Crippen molar-refractivity contribution in [3.8, 4) is 0 Å². The molecule has 1 unspecified atom stereocenters. The lowest BCUT2D eigenvalue weighted by molar-refractivity contribution is 0.0205. The summed E-state index contributed by atoms with van der Waals surface area (Å²) in [7, 11) is 0. The molecule has 1 aliphatic rings. The number of aliphatic hydroxyl groups is 1. The zero-order chi connectivity index (χ0) is 14.9. The molecular weight excluding hydrogens is 284 g/mol. The van der Waals surface area contributed by atoms with E-state index in [1.807, 2.05) is 22.9 Å². The number of aliphatic hydroxyl groups excluding tert-OH is 1. The normalized spacial score (nSPS) is 18.2. The minimum atomic E-state index is -0.602. The molecule has 0 amide bonds. The highest BCUT2D eigenvalue weighted by atomic mass is 35.5. The van der Waals surface area contributed by atoms with Gasteiger partial charge in [-0.1, -0.05) is 55.3 Å². The van der Waals surface area contributed by atoms with Gasteiger partial charge in [0.1, 0.15) is 6.10 Å². The second-order valence-electron chi connectivity index (χ2n) is 5.88. The summed E-state index contributed by atoms with van der Waals surface area (Å²) >= 11 is 6.31. The minimum Gasteiger partial charge on any atom is -0.386 e. The summed E-state index contributed by atoms with van der Waals surface area (Å²) in [6.07, 6.45) is 5.14. The minimum absolute atomic E-state index is 0.212. The first kappa shape index (κ1) is 14.6. The first-order valence-electron chi connectivity index (χ1n) is 7.64. The highest BCUT2D eigenvalue weighted by molar-refractivity contribution is 6.31. The molecule has 1 saturated carbocycles. The number of aryl methyl sites for hydroxylation is 1. The van der Waals surface area contributed by atoms with Gasteiger partial charge in [-0.3, -0.25) is 4.68 Å². The van der Waals surface area contributed by atoms with Gasteiger partial charge >= 0.3 is 0 Å². The van der Waals surface area contributed by atoms with E-state index in [9.17, 15) is 5.11 Å². The van der Waals surface area contributed by atoms with E-state index in [0.717, 1.165) is 37.9 Å². The van der Waals surface area contributed by atoms with Crippen LogP contribution in [0.25, 0.3) is 0 Å². The summed E-state index contributed by atoms with van der Waals surface area (Å²) in [5, 5.41) is 16.0. The van der Waals surface area contributed by atoms with E-state index in [-0.39, 0.29) is 5.41 Å². The summed E-state index contributed by atoms with van der Waals surface area (Å²) in [5.41, 5.74) is 1.75. The van der Waals surface area contributed by atoms with Crippen molar-refractivity contribution in [2.75, 3.05) is 0 Å². The first-order valence-corrected chi connectivity index (χ1v) is 8.01. The molecule has 112 valence electrons. The molecule has 0 bridgehead atoms. The second-order valence-corrected chi connectivity index (χ2v) is 6.29. The smallest absolute Gasteiger partial charge is 0.107 e. The summed E-state index contributed by atoms with van der Waals surface area (Å²) in [6, 6.07) is 10.3. The average molecular weight is 305 g/mol. The lowest BCUT2D eigenvalue weighted by Gasteiger charge is -2.46. The predicted molar refractivity (Wildman–Crippen MR) is 84.5 cm³/mol. The van der Waals surface area contributed by atoms with Crippen molar-refractivity contribution in [3.05, 3.63) is 52.8 Å². The molecule has 21 heavy (non-hydrogen) atoms. The fraction of sp³-hybridized carbons (Fsp3) is 0.471. The average Bonchev–Trinajstić information content (AvgIpc) is 2.80. The van der Waals surface area contributed by atoms with E-state index < -0.39 is 6.10 Å². The van der Waals surface area contributed by atoms with Crippen molar-refractivity contribution in [2.24, 2.45) is 0 Å². The summed E-state index contributed by atoms with van der Waals surface area (Å²) in [5.74, 6) is 0. The maximum atomic E-state index is 11.1. The standard InChI is InChI=1S/C17H21ClN2O/c1-2-11-20-15(14(18)12-19-20)16(21)17(9-6-10-17)13-7-4-3-5-8-13/h3-5,7-8,12,16,21H,2,6,9-11H2,1H3. The Labute approximate surface area is 130 Å². The fourth-order valence-electron chi connectivity index (χ4n) is 3.34. The number of aromatic nitrogens is 2. The van der Waals surface area contributed by atoms with Crippen molar-refractivity contribution in [2.45, 2.75) is 50.7 Å². The Morgan fingerprint density at radius 3 is 2.62 bits per heavy atom. The van der Waals surface area contributed by atoms with Gasteiger partial charge in [0, 0.05) is 12.0 Å². The Hall–Kier alpha value is -1.32. The molecular formula is C17H21ClN2O. The highest BCUT2D eigenvalue weighted by Crippen LogP contribution is 2.52. The number of benzene rings is 1. The van der Waals surface area contributed by atoms with Crippen LogP contribution in [0.5, 0.6) is 0 Å². The molecule has 2 aromatic rings. The van der Waals surface area contributed by atoms with Crippen LogP contribution in [-0.2, 0) is 12.0 Å². The van der Waals surface area contributed by atoms with Gasteiger partial charge in [-0.05, 0) is 24.8 Å². The lowest BCUT2D eigenvalue weighted by Crippen LogP contribution is -2.41.